The number of carbonyl (C=O) groups is 1. The third-order valence-electron chi connectivity index (χ3n) is 6.02. The number of fused-ring (bicyclic) bond motifs is 1. The van der Waals surface area contributed by atoms with E-state index in [2.05, 4.69) is 15.2 Å². The molecule has 0 radical (unpaired) electrons. The minimum Gasteiger partial charge on any atom is -0.497 e. The van der Waals surface area contributed by atoms with Crippen molar-refractivity contribution in [3.05, 3.63) is 70.9 Å². The second-order valence-corrected chi connectivity index (χ2v) is 8.30. The van der Waals surface area contributed by atoms with Crippen molar-refractivity contribution in [3.63, 3.8) is 0 Å². The molecule has 0 atom stereocenters. The molecule has 33 heavy (non-hydrogen) atoms. The van der Waals surface area contributed by atoms with Crippen molar-refractivity contribution in [3.8, 4) is 5.75 Å². The third kappa shape index (κ3) is 4.61. The minimum atomic E-state index is 0.0661. The molecule has 1 N–H and O–H groups in total. The lowest BCUT2D eigenvalue weighted by molar-refractivity contribution is 0.0746. The summed E-state index contributed by atoms with van der Waals surface area (Å²) in [7, 11) is 1.65. The zero-order chi connectivity index (χ0) is 22.8. The zero-order valence-electron chi connectivity index (χ0n) is 18.9. The van der Waals surface area contributed by atoms with Crippen molar-refractivity contribution >= 4 is 23.4 Å². The molecule has 2 aliphatic rings. The van der Waals surface area contributed by atoms with E-state index in [4.69, 9.17) is 14.5 Å². The number of benzene rings is 2. The quantitative estimate of drug-likeness (QED) is 0.644. The van der Waals surface area contributed by atoms with Crippen molar-refractivity contribution in [2.24, 2.45) is 0 Å². The Bertz CT molecular complexity index is 1160. The molecule has 3 heterocycles. The molecule has 170 valence electrons. The normalized spacial score (nSPS) is 15.3. The molecule has 3 aromatic rings. The van der Waals surface area contributed by atoms with Gasteiger partial charge in [0.25, 0.3) is 5.91 Å². The molecule has 5 rings (SSSR count). The first-order chi connectivity index (χ1) is 16.1. The summed E-state index contributed by atoms with van der Waals surface area (Å²) in [6.45, 7) is 5.81. The number of hydrogen-bond donors (Lipinski definition) is 1. The van der Waals surface area contributed by atoms with Crippen LogP contribution in [-0.4, -0.2) is 54.1 Å². The lowest BCUT2D eigenvalue weighted by atomic mass is 10.1. The Morgan fingerprint density at radius 3 is 2.48 bits per heavy atom. The molecule has 2 aromatic carbocycles. The van der Waals surface area contributed by atoms with Gasteiger partial charge in [0.1, 0.15) is 11.6 Å². The van der Waals surface area contributed by atoms with Gasteiger partial charge in [-0.15, -0.1) is 0 Å². The Balaban J connectivity index is 1.24. The summed E-state index contributed by atoms with van der Waals surface area (Å²) in [4.78, 5) is 26.4. The third-order valence-corrected chi connectivity index (χ3v) is 6.02. The van der Waals surface area contributed by atoms with Gasteiger partial charge in [-0.05, 0) is 54.4 Å². The smallest absolute Gasteiger partial charge is 0.253 e. The molecule has 1 fully saturated rings. The Hall–Kier alpha value is -3.65. The number of aryl methyl sites for hydroxylation is 1. The molecule has 8 heteroatoms. The molecule has 1 saturated heterocycles. The van der Waals surface area contributed by atoms with E-state index in [1.807, 2.05) is 60.4 Å². The first-order valence-electron chi connectivity index (χ1n) is 11.1. The number of ether oxygens (including phenoxy) is 2. The van der Waals surface area contributed by atoms with E-state index in [1.165, 1.54) is 5.56 Å². The highest BCUT2D eigenvalue weighted by atomic mass is 16.5. The molecule has 0 bridgehead atoms. The number of nitrogens with one attached hydrogen (secondary N) is 1. The number of piperazine rings is 1. The van der Waals surface area contributed by atoms with E-state index in [0.29, 0.717) is 45.3 Å². The molecular weight excluding hydrogens is 418 g/mol. The average molecular weight is 446 g/mol. The summed E-state index contributed by atoms with van der Waals surface area (Å²) in [5.74, 6) is 2.28. The fourth-order valence-electron chi connectivity index (χ4n) is 4.18. The highest BCUT2D eigenvalue weighted by Crippen LogP contribution is 2.24. The number of carbonyl (C=O) groups excluding carboxylic acids is 1. The second kappa shape index (κ2) is 9.07. The molecule has 1 amide bonds. The van der Waals surface area contributed by atoms with Gasteiger partial charge < -0.3 is 24.6 Å². The Morgan fingerprint density at radius 1 is 0.970 bits per heavy atom. The highest BCUT2D eigenvalue weighted by molar-refractivity contribution is 5.94. The van der Waals surface area contributed by atoms with E-state index < -0.39 is 0 Å². The summed E-state index contributed by atoms with van der Waals surface area (Å²) in [5, 5.41) is 3.34. The first-order valence-corrected chi connectivity index (χ1v) is 11.1. The lowest BCUT2D eigenvalue weighted by Crippen LogP contribution is -2.49. The van der Waals surface area contributed by atoms with Gasteiger partial charge in [0.15, 0.2) is 0 Å². The molecule has 0 unspecified atom stereocenters. The lowest BCUT2D eigenvalue weighted by Gasteiger charge is -2.35. The minimum absolute atomic E-state index is 0.0661. The summed E-state index contributed by atoms with van der Waals surface area (Å²) < 4.78 is 10.7. The van der Waals surface area contributed by atoms with Crippen LogP contribution in [0.4, 0.5) is 17.5 Å². The number of anilines is 3. The van der Waals surface area contributed by atoms with Crippen LogP contribution in [-0.2, 0) is 18.0 Å². The van der Waals surface area contributed by atoms with Crippen LogP contribution in [0.3, 0.4) is 0 Å². The van der Waals surface area contributed by atoms with Crippen LogP contribution in [0.1, 0.15) is 27.2 Å². The van der Waals surface area contributed by atoms with Gasteiger partial charge in [-0.2, -0.15) is 4.98 Å². The number of methoxy groups -OCH3 is 1. The zero-order valence-corrected chi connectivity index (χ0v) is 18.9. The average Bonchev–Trinajstić information content (AvgIpc) is 3.32. The van der Waals surface area contributed by atoms with Gasteiger partial charge in [-0.1, -0.05) is 6.07 Å². The van der Waals surface area contributed by atoms with Crippen molar-refractivity contribution in [1.29, 1.82) is 0 Å². The number of nitrogens with zero attached hydrogens (tertiary/aromatic N) is 4. The summed E-state index contributed by atoms with van der Waals surface area (Å²) >= 11 is 0. The maximum absolute atomic E-state index is 13.0. The van der Waals surface area contributed by atoms with Crippen molar-refractivity contribution in [2.45, 2.75) is 20.1 Å². The van der Waals surface area contributed by atoms with Crippen LogP contribution in [0, 0.1) is 6.92 Å². The second-order valence-electron chi connectivity index (χ2n) is 8.30. The number of hydrogen-bond acceptors (Lipinski definition) is 7. The Labute approximate surface area is 193 Å². The van der Waals surface area contributed by atoms with Gasteiger partial charge in [0.2, 0.25) is 5.95 Å². The van der Waals surface area contributed by atoms with Gasteiger partial charge in [-0.25, -0.2) is 4.98 Å². The molecular formula is C25H27N5O3. The van der Waals surface area contributed by atoms with Gasteiger partial charge in [0.05, 0.1) is 20.3 Å². The van der Waals surface area contributed by atoms with Crippen molar-refractivity contribution in [2.75, 3.05) is 43.5 Å². The fraction of sp³-hybridized carbons (Fsp3) is 0.320. The molecule has 0 spiro atoms. The van der Waals surface area contributed by atoms with E-state index in [-0.39, 0.29) is 5.91 Å². The van der Waals surface area contributed by atoms with Crippen LogP contribution in [0.2, 0.25) is 0 Å². The highest BCUT2D eigenvalue weighted by Gasteiger charge is 2.25. The van der Waals surface area contributed by atoms with Crippen LogP contribution in [0.5, 0.6) is 5.75 Å². The topological polar surface area (TPSA) is 79.8 Å². The maximum Gasteiger partial charge on any atom is 0.253 e. The number of amides is 1. The molecule has 2 aliphatic heterocycles. The van der Waals surface area contributed by atoms with Crippen LogP contribution in [0.25, 0.3) is 0 Å². The Kier molecular flexibility index (Phi) is 5.83. The van der Waals surface area contributed by atoms with Crippen LogP contribution >= 0.6 is 0 Å². The molecule has 8 nitrogen and oxygen atoms in total. The van der Waals surface area contributed by atoms with Crippen LogP contribution < -0.4 is 15.0 Å². The van der Waals surface area contributed by atoms with Crippen molar-refractivity contribution in [1.82, 2.24) is 14.9 Å². The first kappa shape index (κ1) is 21.2. The summed E-state index contributed by atoms with van der Waals surface area (Å²) in [6.07, 6.45) is 0. The van der Waals surface area contributed by atoms with Crippen molar-refractivity contribution < 1.29 is 14.3 Å². The number of rotatable bonds is 5. The van der Waals surface area contributed by atoms with Crippen LogP contribution in [0.15, 0.2) is 48.5 Å². The fourth-order valence-corrected chi connectivity index (χ4v) is 4.18. The predicted molar refractivity (Wildman–Crippen MR) is 126 cm³/mol. The molecule has 1 aromatic heterocycles. The Morgan fingerprint density at radius 2 is 1.73 bits per heavy atom. The molecule has 0 aliphatic carbocycles. The van der Waals surface area contributed by atoms with Gasteiger partial charge >= 0.3 is 0 Å². The predicted octanol–water partition coefficient (Wildman–Crippen LogP) is 3.53. The van der Waals surface area contributed by atoms with Gasteiger partial charge in [0, 0.05) is 49.2 Å². The maximum atomic E-state index is 13.0. The summed E-state index contributed by atoms with van der Waals surface area (Å²) in [5.41, 5.74) is 4.83. The van der Waals surface area contributed by atoms with E-state index in [0.717, 1.165) is 34.1 Å². The van der Waals surface area contributed by atoms with E-state index >= 15 is 0 Å². The molecule has 0 saturated carbocycles. The van der Waals surface area contributed by atoms with E-state index in [1.54, 1.807) is 7.11 Å². The van der Waals surface area contributed by atoms with E-state index in [9.17, 15) is 4.79 Å². The SMILES string of the molecule is COc1ccc(Nc2cc(C)nc(N3CCN(C(=O)c4ccc5c(c4)COC5)CC3)n2)cc1. The largest absolute Gasteiger partial charge is 0.497 e. The number of aromatic nitrogens is 2. The summed E-state index contributed by atoms with van der Waals surface area (Å²) in [6, 6.07) is 15.5. The standard InChI is InChI=1S/C25H27N5O3/c1-17-13-23(27-21-5-7-22(32-2)8-6-21)28-25(26-17)30-11-9-29(10-12-30)24(31)18-3-4-19-15-33-16-20(19)14-18/h3-8,13-14H,9-12,15-16H2,1-2H3,(H,26,27,28). The monoisotopic (exact) mass is 445 g/mol. The van der Waals surface area contributed by atoms with Gasteiger partial charge in [-0.3, -0.25) is 4.79 Å².